The quantitative estimate of drug-likeness (QED) is 0.411. The maximum Gasteiger partial charge on any atom is 0.338 e. The largest absolute Gasteiger partial charge is 0.483 e. The molecule has 1 N–H and O–H groups in total. The molecule has 0 aromatic heterocycles. The lowest BCUT2D eigenvalue weighted by Crippen LogP contribution is -2.20. The van der Waals surface area contributed by atoms with E-state index in [0.717, 1.165) is 34.9 Å². The lowest BCUT2D eigenvalue weighted by molar-refractivity contribution is -0.118. The van der Waals surface area contributed by atoms with Gasteiger partial charge in [0.1, 0.15) is 5.75 Å². The molecule has 2 aromatic rings. The third kappa shape index (κ3) is 6.68. The molecule has 0 bridgehead atoms. The summed E-state index contributed by atoms with van der Waals surface area (Å²) < 4.78 is 11.9. The Morgan fingerprint density at radius 1 is 1.04 bits per heavy atom. The molecule has 6 heteroatoms. The van der Waals surface area contributed by atoms with Crippen molar-refractivity contribution in [3.63, 3.8) is 0 Å². The average Bonchev–Trinajstić information content (AvgIpc) is 2.64. The molecule has 0 aliphatic carbocycles. The van der Waals surface area contributed by atoms with Gasteiger partial charge in [-0.05, 0) is 67.8 Å². The van der Waals surface area contributed by atoms with Gasteiger partial charge in [0, 0.05) is 10.2 Å². The standard InChI is InChI=1S/C22H26BrNO4/c1-4-5-6-11-27-22(26)17-7-9-19(10-8-17)24-20(25)14-28-21-15(2)12-18(23)13-16(21)3/h7-10,12-13H,4-6,11,14H2,1-3H3,(H,24,25). The first-order valence-electron chi connectivity index (χ1n) is 9.37. The molecule has 28 heavy (non-hydrogen) atoms. The Labute approximate surface area is 174 Å². The van der Waals surface area contributed by atoms with Crippen LogP contribution >= 0.6 is 15.9 Å². The summed E-state index contributed by atoms with van der Waals surface area (Å²) in [5.74, 6) is 0.0922. The number of halogens is 1. The first-order valence-corrected chi connectivity index (χ1v) is 10.2. The Hall–Kier alpha value is -2.34. The molecule has 5 nitrogen and oxygen atoms in total. The van der Waals surface area contributed by atoms with Gasteiger partial charge < -0.3 is 14.8 Å². The summed E-state index contributed by atoms with van der Waals surface area (Å²) in [4.78, 5) is 24.1. The highest BCUT2D eigenvalue weighted by atomic mass is 79.9. The summed E-state index contributed by atoms with van der Waals surface area (Å²) in [6.07, 6.45) is 2.99. The second-order valence-corrected chi connectivity index (χ2v) is 7.54. The van der Waals surface area contributed by atoms with Crippen LogP contribution in [-0.2, 0) is 9.53 Å². The maximum absolute atomic E-state index is 12.2. The number of aryl methyl sites for hydroxylation is 2. The highest BCUT2D eigenvalue weighted by Gasteiger charge is 2.10. The van der Waals surface area contributed by atoms with Gasteiger partial charge in [0.25, 0.3) is 5.91 Å². The number of hydrogen-bond donors (Lipinski definition) is 1. The number of carbonyl (C=O) groups is 2. The molecule has 0 radical (unpaired) electrons. The van der Waals surface area contributed by atoms with Crippen LogP contribution in [0.5, 0.6) is 5.75 Å². The lowest BCUT2D eigenvalue weighted by atomic mass is 10.1. The first-order chi connectivity index (χ1) is 13.4. The molecule has 0 unspecified atom stereocenters. The maximum atomic E-state index is 12.2. The summed E-state index contributed by atoms with van der Waals surface area (Å²) in [7, 11) is 0. The first kappa shape index (κ1) is 22.0. The minimum atomic E-state index is -0.349. The van der Waals surface area contributed by atoms with Crippen LogP contribution in [0, 0.1) is 13.8 Å². The minimum absolute atomic E-state index is 0.0927. The summed E-state index contributed by atoms with van der Waals surface area (Å²) in [5.41, 5.74) is 2.98. The number of hydrogen-bond acceptors (Lipinski definition) is 4. The Bertz CT molecular complexity index is 795. The average molecular weight is 448 g/mol. The number of unbranched alkanes of at least 4 members (excludes halogenated alkanes) is 2. The third-order valence-corrected chi connectivity index (χ3v) is 4.62. The summed E-state index contributed by atoms with van der Waals surface area (Å²) in [6, 6.07) is 10.5. The number of carbonyl (C=O) groups excluding carboxylic acids is 2. The Balaban J connectivity index is 1.85. The van der Waals surface area contributed by atoms with Crippen molar-refractivity contribution in [3.05, 3.63) is 57.6 Å². The second kappa shape index (κ2) is 10.9. The molecule has 1 amide bonds. The molecule has 0 spiro atoms. The van der Waals surface area contributed by atoms with Gasteiger partial charge >= 0.3 is 5.97 Å². The lowest BCUT2D eigenvalue weighted by Gasteiger charge is -2.13. The fourth-order valence-corrected chi connectivity index (χ4v) is 3.44. The predicted molar refractivity (Wildman–Crippen MR) is 114 cm³/mol. The van der Waals surface area contributed by atoms with Crippen LogP contribution < -0.4 is 10.1 Å². The molecule has 0 heterocycles. The zero-order chi connectivity index (χ0) is 20.5. The molecular formula is C22H26BrNO4. The number of ether oxygens (including phenoxy) is 2. The van der Waals surface area contributed by atoms with E-state index in [2.05, 4.69) is 28.2 Å². The molecular weight excluding hydrogens is 422 g/mol. The van der Waals surface area contributed by atoms with Crippen LogP contribution in [0.4, 0.5) is 5.69 Å². The van der Waals surface area contributed by atoms with Crippen molar-refractivity contribution in [1.29, 1.82) is 0 Å². The molecule has 0 saturated heterocycles. The second-order valence-electron chi connectivity index (χ2n) is 6.63. The van der Waals surface area contributed by atoms with Gasteiger partial charge in [-0.15, -0.1) is 0 Å². The van der Waals surface area contributed by atoms with Crippen LogP contribution in [0.2, 0.25) is 0 Å². The van der Waals surface area contributed by atoms with Crippen molar-refractivity contribution in [1.82, 2.24) is 0 Å². The van der Waals surface area contributed by atoms with Gasteiger partial charge in [0.2, 0.25) is 0 Å². The molecule has 0 aliphatic heterocycles. The van der Waals surface area contributed by atoms with Gasteiger partial charge in [0.15, 0.2) is 6.61 Å². The van der Waals surface area contributed by atoms with Crippen LogP contribution in [-0.4, -0.2) is 25.1 Å². The number of benzene rings is 2. The van der Waals surface area contributed by atoms with E-state index in [1.54, 1.807) is 24.3 Å². The number of rotatable bonds is 9. The number of anilines is 1. The highest BCUT2D eigenvalue weighted by Crippen LogP contribution is 2.27. The monoisotopic (exact) mass is 447 g/mol. The smallest absolute Gasteiger partial charge is 0.338 e. The molecule has 0 fully saturated rings. The topological polar surface area (TPSA) is 64.6 Å². The van der Waals surface area contributed by atoms with Crippen molar-refractivity contribution in [2.75, 3.05) is 18.5 Å². The third-order valence-electron chi connectivity index (χ3n) is 4.16. The van der Waals surface area contributed by atoms with Crippen molar-refractivity contribution in [2.24, 2.45) is 0 Å². The minimum Gasteiger partial charge on any atom is -0.483 e. The number of amides is 1. The van der Waals surface area contributed by atoms with Crippen LogP contribution in [0.25, 0.3) is 0 Å². The van der Waals surface area contributed by atoms with Gasteiger partial charge in [-0.3, -0.25) is 4.79 Å². The van der Waals surface area contributed by atoms with Crippen LogP contribution in [0.15, 0.2) is 40.9 Å². The predicted octanol–water partition coefficient (Wildman–Crippen LogP) is 5.43. The fourth-order valence-electron chi connectivity index (χ4n) is 2.75. The van der Waals surface area contributed by atoms with E-state index in [9.17, 15) is 9.59 Å². The Morgan fingerprint density at radius 2 is 1.68 bits per heavy atom. The summed E-state index contributed by atoms with van der Waals surface area (Å²) in [6.45, 7) is 6.30. The van der Waals surface area contributed by atoms with Gasteiger partial charge in [-0.1, -0.05) is 35.7 Å². The normalized spacial score (nSPS) is 10.4. The van der Waals surface area contributed by atoms with Crippen molar-refractivity contribution < 1.29 is 19.1 Å². The molecule has 0 atom stereocenters. The molecule has 0 aliphatic rings. The number of nitrogens with one attached hydrogen (secondary N) is 1. The van der Waals surface area contributed by atoms with E-state index in [1.165, 1.54) is 0 Å². The van der Waals surface area contributed by atoms with Gasteiger partial charge in [-0.25, -0.2) is 4.79 Å². The van der Waals surface area contributed by atoms with Gasteiger partial charge in [0.05, 0.1) is 12.2 Å². The van der Waals surface area contributed by atoms with E-state index in [1.807, 2.05) is 26.0 Å². The van der Waals surface area contributed by atoms with E-state index in [0.29, 0.717) is 23.6 Å². The number of esters is 1. The summed E-state index contributed by atoms with van der Waals surface area (Å²) in [5, 5.41) is 2.76. The van der Waals surface area contributed by atoms with E-state index in [4.69, 9.17) is 9.47 Å². The van der Waals surface area contributed by atoms with Crippen molar-refractivity contribution >= 4 is 33.5 Å². The Kier molecular flexibility index (Phi) is 8.51. The van der Waals surface area contributed by atoms with Crippen LogP contribution in [0.1, 0.15) is 47.7 Å². The van der Waals surface area contributed by atoms with E-state index < -0.39 is 0 Å². The highest BCUT2D eigenvalue weighted by molar-refractivity contribution is 9.10. The van der Waals surface area contributed by atoms with E-state index >= 15 is 0 Å². The van der Waals surface area contributed by atoms with Crippen LogP contribution in [0.3, 0.4) is 0 Å². The molecule has 2 aromatic carbocycles. The Morgan fingerprint density at radius 3 is 2.29 bits per heavy atom. The van der Waals surface area contributed by atoms with E-state index in [-0.39, 0.29) is 18.5 Å². The van der Waals surface area contributed by atoms with Crippen molar-refractivity contribution in [2.45, 2.75) is 40.0 Å². The zero-order valence-electron chi connectivity index (χ0n) is 16.5. The van der Waals surface area contributed by atoms with Gasteiger partial charge in [-0.2, -0.15) is 0 Å². The molecule has 0 saturated carbocycles. The zero-order valence-corrected chi connectivity index (χ0v) is 18.1. The summed E-state index contributed by atoms with van der Waals surface area (Å²) >= 11 is 3.44. The fraction of sp³-hybridized carbons (Fsp3) is 0.364. The van der Waals surface area contributed by atoms with Crippen molar-refractivity contribution in [3.8, 4) is 5.75 Å². The molecule has 2 rings (SSSR count). The molecule has 150 valence electrons. The SMILES string of the molecule is CCCCCOC(=O)c1ccc(NC(=O)COc2c(C)cc(Br)cc2C)cc1.